The summed E-state index contributed by atoms with van der Waals surface area (Å²) in [5, 5.41) is 30.1. The van der Waals surface area contributed by atoms with Crippen molar-refractivity contribution in [3.05, 3.63) is 29.3 Å². The lowest BCUT2D eigenvalue weighted by Gasteiger charge is -2.59. The summed E-state index contributed by atoms with van der Waals surface area (Å²) in [4.78, 5) is 1.56. The van der Waals surface area contributed by atoms with Gasteiger partial charge in [0.15, 0.2) is 17.6 Å². The summed E-state index contributed by atoms with van der Waals surface area (Å²) in [5.74, 6) is 1.90. The van der Waals surface area contributed by atoms with Gasteiger partial charge in [-0.05, 0) is 88.0 Å². The maximum Gasteiger partial charge on any atom is 0.185 e. The Hall–Kier alpha value is -1.77. The van der Waals surface area contributed by atoms with Gasteiger partial charge in [0.2, 0.25) is 0 Å². The number of halogens is 1. The zero-order valence-electron chi connectivity index (χ0n) is 15.8. The number of amidine groups is 1. The van der Waals surface area contributed by atoms with E-state index in [1.165, 1.54) is 0 Å². The smallest absolute Gasteiger partial charge is 0.185 e. The van der Waals surface area contributed by atoms with Gasteiger partial charge in [0, 0.05) is 5.02 Å². The van der Waals surface area contributed by atoms with E-state index in [9.17, 15) is 10.4 Å². The van der Waals surface area contributed by atoms with E-state index in [1.807, 2.05) is 13.8 Å². The number of hydrogen-bond donors (Lipinski definition) is 2. The molecule has 4 bridgehead atoms. The van der Waals surface area contributed by atoms with Crippen molar-refractivity contribution in [2.75, 3.05) is 0 Å². The summed E-state index contributed by atoms with van der Waals surface area (Å²) in [6, 6.07) is 7.03. The fraction of sp³-hybridized carbons (Fsp3) is 0.619. The highest BCUT2D eigenvalue weighted by molar-refractivity contribution is 6.30. The van der Waals surface area contributed by atoms with Crippen molar-refractivity contribution >= 4 is 17.4 Å². The quantitative estimate of drug-likeness (QED) is 0.351. The maximum absolute atomic E-state index is 10.8. The van der Waals surface area contributed by atoms with Gasteiger partial charge in [-0.25, -0.2) is 0 Å². The van der Waals surface area contributed by atoms with Crippen molar-refractivity contribution in [1.29, 1.82) is 10.7 Å². The molecular formula is C21H26ClN3O2. The molecule has 2 unspecified atom stereocenters. The van der Waals surface area contributed by atoms with Crippen molar-refractivity contribution in [2.24, 2.45) is 17.8 Å². The molecule has 4 aliphatic rings. The van der Waals surface area contributed by atoms with Crippen LogP contribution >= 0.6 is 11.6 Å². The lowest BCUT2D eigenvalue weighted by Crippen LogP contribution is -2.63. The minimum Gasteiger partial charge on any atom is -0.480 e. The van der Waals surface area contributed by atoms with Crippen molar-refractivity contribution in [3.8, 4) is 11.9 Å². The monoisotopic (exact) mass is 387 g/mol. The second-order valence-electron chi connectivity index (χ2n) is 9.07. The van der Waals surface area contributed by atoms with Gasteiger partial charge in [-0.15, -0.1) is 0 Å². The molecule has 0 spiro atoms. The Balaban J connectivity index is 1.54. The number of aliphatic hydroxyl groups is 1. The van der Waals surface area contributed by atoms with E-state index in [2.05, 4.69) is 6.19 Å². The Morgan fingerprint density at radius 3 is 2.37 bits per heavy atom. The highest BCUT2D eigenvalue weighted by Crippen LogP contribution is 2.57. The van der Waals surface area contributed by atoms with Crippen LogP contribution in [0.5, 0.6) is 5.75 Å². The Morgan fingerprint density at radius 2 is 1.85 bits per heavy atom. The molecule has 0 heterocycles. The minimum absolute atomic E-state index is 0.00702. The average Bonchev–Trinajstić information content (AvgIpc) is 2.58. The third kappa shape index (κ3) is 3.30. The van der Waals surface area contributed by atoms with E-state index in [1.54, 1.807) is 29.2 Å². The van der Waals surface area contributed by atoms with E-state index < -0.39 is 11.2 Å². The third-order valence-corrected chi connectivity index (χ3v) is 6.85. The largest absolute Gasteiger partial charge is 0.480 e. The molecule has 5 nitrogen and oxygen atoms in total. The Bertz CT molecular complexity index is 770. The van der Waals surface area contributed by atoms with Crippen LogP contribution in [0.2, 0.25) is 5.02 Å². The zero-order valence-corrected chi connectivity index (χ0v) is 16.5. The van der Waals surface area contributed by atoms with Crippen LogP contribution in [0.25, 0.3) is 0 Å². The number of hydrogen-bond acceptors (Lipinski definition) is 4. The molecule has 0 radical (unpaired) electrons. The summed E-state index contributed by atoms with van der Waals surface area (Å²) >= 11 is 5.93. The predicted octanol–water partition coefficient (Wildman–Crippen LogP) is 4.20. The SMILES string of the molecule is CC(C)(Oc1ccc(Cl)cc1)C(=N)N(C#N)C1C2CC3CC1CC(O)(C3)C2. The van der Waals surface area contributed by atoms with Crippen LogP contribution in [0.15, 0.2) is 24.3 Å². The Labute approximate surface area is 165 Å². The molecule has 27 heavy (non-hydrogen) atoms. The second-order valence-corrected chi connectivity index (χ2v) is 9.51. The van der Waals surface area contributed by atoms with Gasteiger partial charge in [0.25, 0.3) is 0 Å². The summed E-state index contributed by atoms with van der Waals surface area (Å²) < 4.78 is 6.04. The van der Waals surface area contributed by atoms with Crippen LogP contribution in [0, 0.1) is 34.6 Å². The van der Waals surface area contributed by atoms with Crippen LogP contribution in [0.3, 0.4) is 0 Å². The number of benzene rings is 1. The van der Waals surface area contributed by atoms with Gasteiger partial charge >= 0.3 is 0 Å². The van der Waals surface area contributed by atoms with E-state index in [0.29, 0.717) is 16.7 Å². The lowest BCUT2D eigenvalue weighted by molar-refractivity contribution is -0.147. The fourth-order valence-corrected chi connectivity index (χ4v) is 5.90. The third-order valence-electron chi connectivity index (χ3n) is 6.59. The summed E-state index contributed by atoms with van der Waals surface area (Å²) in [5.41, 5.74) is -1.50. The van der Waals surface area contributed by atoms with E-state index >= 15 is 0 Å². The van der Waals surface area contributed by atoms with Gasteiger partial charge < -0.3 is 9.84 Å². The van der Waals surface area contributed by atoms with E-state index in [4.69, 9.17) is 21.7 Å². The molecule has 0 amide bonds. The number of rotatable bonds is 4. The molecule has 6 heteroatoms. The molecule has 144 valence electrons. The Kier molecular flexibility index (Phi) is 4.40. The minimum atomic E-state index is -0.949. The standard InChI is InChI=1S/C21H26ClN3O2/c1-20(2,27-17-5-3-16(22)4-6-17)19(24)25(12-23)18-14-7-13-8-15(18)11-21(26,9-13)10-14/h3-6,13-15,18,24,26H,7-11H2,1-2H3. The molecule has 4 fully saturated rings. The van der Waals surface area contributed by atoms with Crippen molar-refractivity contribution in [3.63, 3.8) is 0 Å². The van der Waals surface area contributed by atoms with Crippen LogP contribution in [-0.2, 0) is 0 Å². The molecule has 1 aromatic rings. The van der Waals surface area contributed by atoms with Gasteiger partial charge in [0.05, 0.1) is 11.6 Å². The average molecular weight is 388 g/mol. The normalized spacial score (nSPS) is 34.2. The molecule has 0 aliphatic heterocycles. The molecule has 0 aromatic heterocycles. The van der Waals surface area contributed by atoms with Gasteiger partial charge in [-0.1, -0.05) is 11.6 Å². The highest BCUT2D eigenvalue weighted by Gasteiger charge is 2.57. The Morgan fingerprint density at radius 1 is 1.26 bits per heavy atom. The summed E-state index contributed by atoms with van der Waals surface area (Å²) in [6.45, 7) is 3.63. The number of nitriles is 1. The predicted molar refractivity (Wildman–Crippen MR) is 104 cm³/mol. The van der Waals surface area contributed by atoms with Crippen LogP contribution in [0.1, 0.15) is 46.0 Å². The van der Waals surface area contributed by atoms with Crippen LogP contribution in [-0.4, -0.2) is 33.1 Å². The van der Waals surface area contributed by atoms with Crippen LogP contribution in [0.4, 0.5) is 0 Å². The first-order valence-electron chi connectivity index (χ1n) is 9.66. The number of ether oxygens (including phenoxy) is 1. The molecule has 4 aliphatic carbocycles. The van der Waals surface area contributed by atoms with Crippen LogP contribution < -0.4 is 4.74 Å². The molecule has 0 saturated heterocycles. The first kappa shape index (κ1) is 18.6. The topological polar surface area (TPSA) is 80.3 Å². The number of nitrogens with zero attached hydrogens (tertiary/aromatic N) is 2. The number of nitrogens with one attached hydrogen (secondary N) is 1. The second kappa shape index (κ2) is 6.39. The van der Waals surface area contributed by atoms with Gasteiger partial charge in [-0.2, -0.15) is 5.26 Å². The van der Waals surface area contributed by atoms with E-state index in [0.717, 1.165) is 32.1 Å². The highest BCUT2D eigenvalue weighted by atomic mass is 35.5. The zero-order chi connectivity index (χ0) is 19.4. The van der Waals surface area contributed by atoms with Crippen molar-refractivity contribution in [1.82, 2.24) is 4.90 Å². The fourth-order valence-electron chi connectivity index (χ4n) is 5.78. The molecule has 2 atom stereocenters. The molecule has 5 rings (SSSR count). The van der Waals surface area contributed by atoms with Crippen molar-refractivity contribution < 1.29 is 9.84 Å². The lowest BCUT2D eigenvalue weighted by atomic mass is 9.52. The summed E-state index contributed by atoms with van der Waals surface area (Å²) in [6.07, 6.45) is 6.76. The van der Waals surface area contributed by atoms with Gasteiger partial charge in [-0.3, -0.25) is 10.3 Å². The molecule has 2 N–H and O–H groups in total. The van der Waals surface area contributed by atoms with Gasteiger partial charge in [0.1, 0.15) is 5.75 Å². The molecule has 4 saturated carbocycles. The van der Waals surface area contributed by atoms with Crippen molar-refractivity contribution in [2.45, 2.75) is 63.2 Å². The molecule has 1 aromatic carbocycles. The molecular weight excluding hydrogens is 362 g/mol. The van der Waals surface area contributed by atoms with E-state index in [-0.39, 0.29) is 23.7 Å². The first-order chi connectivity index (χ1) is 12.7. The first-order valence-corrected chi connectivity index (χ1v) is 10.0. The maximum atomic E-state index is 10.8. The summed E-state index contributed by atoms with van der Waals surface area (Å²) in [7, 11) is 0.